The molecule has 0 heterocycles. The van der Waals surface area contributed by atoms with E-state index in [-0.39, 0.29) is 4.90 Å². The second-order valence-corrected chi connectivity index (χ2v) is 8.50. The van der Waals surface area contributed by atoms with Crippen LogP contribution < -0.4 is 14.2 Å². The minimum Gasteiger partial charge on any atom is -0.493 e. The lowest BCUT2D eigenvalue weighted by Crippen LogP contribution is -2.19. The first-order valence-corrected chi connectivity index (χ1v) is 10.1. The van der Waals surface area contributed by atoms with E-state index in [1.807, 2.05) is 19.0 Å². The van der Waals surface area contributed by atoms with Crippen LogP contribution in [0.3, 0.4) is 0 Å². The molecule has 0 unspecified atom stereocenters. The lowest BCUT2D eigenvalue weighted by molar-refractivity contribution is 0.251. The molecule has 0 aliphatic heterocycles. The van der Waals surface area contributed by atoms with Crippen molar-refractivity contribution in [2.75, 3.05) is 39.1 Å². The molecule has 25 heavy (non-hydrogen) atoms. The summed E-state index contributed by atoms with van der Waals surface area (Å²) in [5.41, 5.74) is 0.412. The number of methoxy groups -OCH3 is 1. The molecule has 0 amide bonds. The summed E-state index contributed by atoms with van der Waals surface area (Å²) in [6.07, 6.45) is 0. The number of likely N-dealkylation sites (N-methyl/N-ethyl adjacent to an activating group) is 1. The van der Waals surface area contributed by atoms with Crippen molar-refractivity contribution in [3.63, 3.8) is 0 Å². The molecule has 0 aliphatic carbocycles. The van der Waals surface area contributed by atoms with E-state index in [2.05, 4.69) is 27.3 Å². The quantitative estimate of drug-likeness (QED) is 0.594. The van der Waals surface area contributed by atoms with Crippen molar-refractivity contribution < 1.29 is 17.9 Å². The fraction of sp³-hybridized carbons (Fsp3) is 0.294. The molecule has 0 bridgehead atoms. The maximum absolute atomic E-state index is 12.5. The van der Waals surface area contributed by atoms with E-state index < -0.39 is 10.0 Å². The molecule has 0 radical (unpaired) electrons. The van der Waals surface area contributed by atoms with E-state index in [4.69, 9.17) is 9.47 Å². The van der Waals surface area contributed by atoms with E-state index in [0.29, 0.717) is 23.8 Å². The summed E-state index contributed by atoms with van der Waals surface area (Å²) in [6, 6.07) is 11.6. The van der Waals surface area contributed by atoms with Crippen LogP contribution in [-0.4, -0.2) is 47.7 Å². The summed E-state index contributed by atoms with van der Waals surface area (Å²) in [7, 11) is 1.79. The van der Waals surface area contributed by atoms with Gasteiger partial charge in [0.1, 0.15) is 6.61 Å². The Labute approximate surface area is 162 Å². The van der Waals surface area contributed by atoms with Gasteiger partial charge in [-0.2, -0.15) is 0 Å². The number of nitrogens with zero attached hydrogens (tertiary/aromatic N) is 1. The zero-order valence-electron chi connectivity index (χ0n) is 14.3. The average molecular weight is 476 g/mol. The van der Waals surface area contributed by atoms with Crippen LogP contribution in [0.15, 0.2) is 47.4 Å². The number of hydrogen-bond donors (Lipinski definition) is 1. The fourth-order valence-corrected chi connectivity index (χ4v) is 3.43. The molecule has 6 nitrogen and oxygen atoms in total. The van der Waals surface area contributed by atoms with Gasteiger partial charge in [-0.15, -0.1) is 0 Å². The maximum Gasteiger partial charge on any atom is 0.261 e. The molecule has 2 rings (SSSR count). The highest BCUT2D eigenvalue weighted by Gasteiger charge is 2.15. The maximum atomic E-state index is 12.5. The molecule has 2 aromatic rings. The Morgan fingerprint density at radius 3 is 2.36 bits per heavy atom. The third-order valence-corrected chi connectivity index (χ3v) is 5.45. The number of nitrogens with one attached hydrogen (secondary N) is 1. The number of hydrogen-bond acceptors (Lipinski definition) is 5. The van der Waals surface area contributed by atoms with Gasteiger partial charge in [0.05, 0.1) is 17.7 Å². The van der Waals surface area contributed by atoms with Gasteiger partial charge in [0, 0.05) is 16.2 Å². The Balaban J connectivity index is 2.15. The zero-order chi connectivity index (χ0) is 18.4. The van der Waals surface area contributed by atoms with Crippen molar-refractivity contribution in [2.24, 2.45) is 0 Å². The molecule has 136 valence electrons. The normalized spacial score (nSPS) is 11.4. The zero-order valence-corrected chi connectivity index (χ0v) is 17.3. The monoisotopic (exact) mass is 476 g/mol. The van der Waals surface area contributed by atoms with E-state index >= 15 is 0 Å². The minimum atomic E-state index is -3.65. The van der Waals surface area contributed by atoms with Crippen LogP contribution in [0.4, 0.5) is 5.69 Å². The molecular weight excluding hydrogens is 455 g/mol. The topological polar surface area (TPSA) is 67.9 Å². The molecule has 0 spiro atoms. The molecule has 0 aliphatic rings. The third-order valence-electron chi connectivity index (χ3n) is 3.34. The van der Waals surface area contributed by atoms with Gasteiger partial charge in [0.25, 0.3) is 10.0 Å². The van der Waals surface area contributed by atoms with Gasteiger partial charge in [0.2, 0.25) is 0 Å². The first-order valence-electron chi connectivity index (χ1n) is 7.56. The average Bonchev–Trinajstić information content (AvgIpc) is 2.55. The Morgan fingerprint density at radius 2 is 1.76 bits per heavy atom. The molecule has 0 fully saturated rings. The molecule has 8 heteroatoms. The molecule has 0 saturated carbocycles. The summed E-state index contributed by atoms with van der Waals surface area (Å²) in [5, 5.41) is 0. The van der Waals surface area contributed by atoms with Gasteiger partial charge < -0.3 is 14.4 Å². The number of rotatable bonds is 8. The highest BCUT2D eigenvalue weighted by molar-refractivity contribution is 14.1. The second-order valence-electron chi connectivity index (χ2n) is 5.58. The van der Waals surface area contributed by atoms with Crippen LogP contribution in [0.25, 0.3) is 0 Å². The highest BCUT2D eigenvalue weighted by Crippen LogP contribution is 2.31. The summed E-state index contributed by atoms with van der Waals surface area (Å²) in [6.45, 7) is 1.28. The Morgan fingerprint density at radius 1 is 1.08 bits per heavy atom. The number of halogens is 1. The minimum absolute atomic E-state index is 0.207. The molecular formula is C17H21IN2O4S. The van der Waals surface area contributed by atoms with E-state index in [1.54, 1.807) is 42.5 Å². The van der Waals surface area contributed by atoms with Crippen molar-refractivity contribution >= 4 is 38.3 Å². The largest absolute Gasteiger partial charge is 0.493 e. The van der Waals surface area contributed by atoms with Crippen molar-refractivity contribution in [3.05, 3.63) is 46.0 Å². The fourth-order valence-electron chi connectivity index (χ4n) is 2.02. The van der Waals surface area contributed by atoms with Crippen LogP contribution in [0.1, 0.15) is 0 Å². The van der Waals surface area contributed by atoms with Crippen LogP contribution in [0, 0.1) is 3.57 Å². The number of anilines is 1. The summed E-state index contributed by atoms with van der Waals surface area (Å²) in [5.74, 6) is 1.04. The molecule has 1 N–H and O–H groups in total. The Kier molecular flexibility index (Phi) is 6.91. The summed E-state index contributed by atoms with van der Waals surface area (Å²) < 4.78 is 39.4. The summed E-state index contributed by atoms with van der Waals surface area (Å²) in [4.78, 5) is 2.22. The first-order chi connectivity index (χ1) is 11.8. The van der Waals surface area contributed by atoms with Crippen LogP contribution in [0.2, 0.25) is 0 Å². The number of sulfonamides is 1. The van der Waals surface area contributed by atoms with Crippen LogP contribution >= 0.6 is 22.6 Å². The van der Waals surface area contributed by atoms with Gasteiger partial charge in [-0.1, -0.05) is 0 Å². The highest BCUT2D eigenvalue weighted by atomic mass is 127. The van der Waals surface area contributed by atoms with Gasteiger partial charge in [-0.25, -0.2) is 8.42 Å². The number of benzene rings is 2. The second kappa shape index (κ2) is 8.72. The predicted molar refractivity (Wildman–Crippen MR) is 107 cm³/mol. The van der Waals surface area contributed by atoms with Crippen LogP contribution in [0.5, 0.6) is 11.5 Å². The van der Waals surface area contributed by atoms with E-state index in [0.717, 1.165) is 10.1 Å². The van der Waals surface area contributed by atoms with Crippen molar-refractivity contribution in [1.29, 1.82) is 0 Å². The standard InChI is InChI=1S/C17H21IN2O4S/c1-20(2)10-11-24-16-9-6-14(12-17(16)23-3)19-25(21,22)15-7-4-13(18)5-8-15/h4-9,12,19H,10-11H2,1-3H3. The summed E-state index contributed by atoms with van der Waals surface area (Å²) >= 11 is 2.13. The van der Waals surface area contributed by atoms with Gasteiger partial charge in [-0.05, 0) is 73.1 Å². The first kappa shape index (κ1) is 19.8. The predicted octanol–water partition coefficient (Wildman–Crippen LogP) is 3.04. The van der Waals surface area contributed by atoms with E-state index in [9.17, 15) is 8.42 Å². The van der Waals surface area contributed by atoms with Crippen molar-refractivity contribution in [1.82, 2.24) is 4.90 Å². The van der Waals surface area contributed by atoms with Crippen molar-refractivity contribution in [3.8, 4) is 11.5 Å². The van der Waals surface area contributed by atoms with Gasteiger partial charge in [0.15, 0.2) is 11.5 Å². The molecule has 2 aromatic carbocycles. The van der Waals surface area contributed by atoms with Gasteiger partial charge >= 0.3 is 0 Å². The Bertz CT molecular complexity index is 808. The molecule has 0 aromatic heterocycles. The van der Waals surface area contributed by atoms with E-state index in [1.165, 1.54) is 7.11 Å². The smallest absolute Gasteiger partial charge is 0.261 e. The van der Waals surface area contributed by atoms with Crippen molar-refractivity contribution in [2.45, 2.75) is 4.90 Å². The lowest BCUT2D eigenvalue weighted by Gasteiger charge is -2.15. The van der Waals surface area contributed by atoms with Crippen LogP contribution in [-0.2, 0) is 10.0 Å². The lowest BCUT2D eigenvalue weighted by atomic mass is 10.3. The SMILES string of the molecule is COc1cc(NS(=O)(=O)c2ccc(I)cc2)ccc1OCCN(C)C. The number of ether oxygens (including phenoxy) is 2. The molecule has 0 atom stereocenters. The Hall–Kier alpha value is -1.52. The third kappa shape index (κ3) is 5.75. The molecule has 0 saturated heterocycles. The van der Waals surface area contributed by atoms with Gasteiger partial charge in [-0.3, -0.25) is 4.72 Å².